The summed E-state index contributed by atoms with van der Waals surface area (Å²) in [5.74, 6) is 0. The summed E-state index contributed by atoms with van der Waals surface area (Å²) in [7, 11) is 0. The summed E-state index contributed by atoms with van der Waals surface area (Å²) < 4.78 is 0. The van der Waals surface area contributed by atoms with E-state index in [1.165, 1.54) is 130 Å². The van der Waals surface area contributed by atoms with Crippen LogP contribution in [0.25, 0.3) is 43.8 Å². The van der Waals surface area contributed by atoms with E-state index in [2.05, 4.69) is 151 Å². The van der Waals surface area contributed by atoms with E-state index in [0.717, 1.165) is 6.42 Å². The molecule has 0 atom stereocenters. The predicted octanol–water partition coefficient (Wildman–Crippen LogP) is 8.09. The first kappa shape index (κ1) is 45.6. The van der Waals surface area contributed by atoms with Crippen molar-refractivity contribution in [1.29, 1.82) is 0 Å². The summed E-state index contributed by atoms with van der Waals surface area (Å²) in [5.41, 5.74) is 11.2. The van der Waals surface area contributed by atoms with Crippen LogP contribution in [0, 0.1) is 13.8 Å². The van der Waals surface area contributed by atoms with Gasteiger partial charge in [0.15, 0.2) is 0 Å². The smallest absolute Gasteiger partial charge is 0 e. The number of rotatable bonds is 12. The van der Waals surface area contributed by atoms with Crippen LogP contribution in [0.5, 0.6) is 0 Å². The van der Waals surface area contributed by atoms with Gasteiger partial charge < -0.3 is 45.1 Å². The van der Waals surface area contributed by atoms with Crippen molar-refractivity contribution in [1.82, 2.24) is 0 Å². The van der Waals surface area contributed by atoms with E-state index in [9.17, 15) is 0 Å². The number of hydrogen-bond donors (Lipinski definition) is 0. The van der Waals surface area contributed by atoms with Gasteiger partial charge >= 0.3 is 0 Å². The maximum Gasteiger partial charge on any atom is 0 e. The van der Waals surface area contributed by atoms with Crippen LogP contribution >= 0.6 is 0 Å². The molecule has 0 N–H and O–H groups in total. The van der Waals surface area contributed by atoms with Crippen molar-refractivity contribution in [3.63, 3.8) is 0 Å². The van der Waals surface area contributed by atoms with E-state index in [1.54, 1.807) is 0 Å². The Kier molecular flexibility index (Phi) is 22.5. The minimum atomic E-state index is 0. The molecule has 0 aliphatic carbocycles. The van der Waals surface area contributed by atoms with Gasteiger partial charge in [-0.2, -0.15) is 12.1 Å². The molecular weight excluding hydrogens is 814 g/mol. The molecule has 0 fully saturated rings. The standard InChI is InChI=1S/2C22H25.C3H6.2ClH.Hf/c2*1-3-5-8-18-15-20-9-6-10-21(22(20)16-18)19-13-11-17(7-4-2)12-14-19;1-3-2;;;/h2*6,9-16H,3-5,7-8H2,1-2H3;1-3H2;2*1H;/q2*-1;-2;;;/p-2. The second kappa shape index (κ2) is 24.7. The number of fused-ring (bicyclic) bond motifs is 2. The van der Waals surface area contributed by atoms with Gasteiger partial charge in [-0.15, -0.1) is 69.1 Å². The number of halogens is 2. The Morgan fingerprint density at radius 1 is 0.480 bits per heavy atom. The zero-order valence-electron chi connectivity index (χ0n) is 30.8. The average Bonchev–Trinajstić information content (AvgIpc) is 3.72. The molecule has 0 aliphatic rings. The van der Waals surface area contributed by atoms with Crippen molar-refractivity contribution in [2.45, 2.75) is 98.3 Å². The van der Waals surface area contributed by atoms with Crippen LogP contribution in [0.4, 0.5) is 0 Å². The van der Waals surface area contributed by atoms with Gasteiger partial charge in [0.1, 0.15) is 0 Å². The van der Waals surface area contributed by atoms with Gasteiger partial charge in [0.25, 0.3) is 0 Å². The Bertz CT molecular complexity index is 1620. The first-order valence-corrected chi connectivity index (χ1v) is 18.2. The van der Waals surface area contributed by atoms with Gasteiger partial charge in [0.2, 0.25) is 0 Å². The minimum Gasteiger partial charge on any atom is -1.00 e. The molecule has 0 unspecified atom stereocenters. The van der Waals surface area contributed by atoms with Crippen LogP contribution in [0.15, 0.2) is 109 Å². The molecule has 6 rings (SSSR count). The van der Waals surface area contributed by atoms with Gasteiger partial charge in [0.05, 0.1) is 0 Å². The van der Waals surface area contributed by atoms with Gasteiger partial charge in [-0.1, -0.05) is 138 Å². The van der Waals surface area contributed by atoms with Crippen LogP contribution in [-0.4, -0.2) is 0 Å². The molecule has 0 amide bonds. The Balaban J connectivity index is 0.000000439. The average molecular weight is 870 g/mol. The molecule has 0 aliphatic heterocycles. The molecular formula is C47H56Cl2Hf-6. The van der Waals surface area contributed by atoms with Gasteiger partial charge in [0, 0.05) is 25.8 Å². The summed E-state index contributed by atoms with van der Waals surface area (Å²) in [6.45, 7) is 15.7. The van der Waals surface area contributed by atoms with Gasteiger partial charge in [-0.25, -0.2) is 0 Å². The predicted molar refractivity (Wildman–Crippen MR) is 210 cm³/mol. The van der Waals surface area contributed by atoms with Crippen LogP contribution < -0.4 is 24.8 Å². The molecule has 0 radical (unpaired) electrons. The molecule has 268 valence electrons. The van der Waals surface area contributed by atoms with Crippen molar-refractivity contribution in [3.8, 4) is 22.3 Å². The van der Waals surface area contributed by atoms with Gasteiger partial charge in [-0.3, -0.25) is 0 Å². The van der Waals surface area contributed by atoms with Crippen LogP contribution in [0.1, 0.15) is 94.9 Å². The molecule has 6 aromatic rings. The van der Waals surface area contributed by atoms with Crippen LogP contribution in [-0.2, 0) is 51.5 Å². The molecule has 6 aromatic carbocycles. The fraction of sp³-hybridized carbons (Fsp3) is 0.319. The normalized spacial score (nSPS) is 10.2. The zero-order chi connectivity index (χ0) is 33.4. The van der Waals surface area contributed by atoms with E-state index in [4.69, 9.17) is 0 Å². The topological polar surface area (TPSA) is 0 Å². The van der Waals surface area contributed by atoms with E-state index in [1.807, 2.05) is 0 Å². The monoisotopic (exact) mass is 870 g/mol. The van der Waals surface area contributed by atoms with E-state index >= 15 is 0 Å². The zero-order valence-corrected chi connectivity index (χ0v) is 35.9. The second-order valence-electron chi connectivity index (χ2n) is 12.8. The third-order valence-corrected chi connectivity index (χ3v) is 8.87. The van der Waals surface area contributed by atoms with E-state index in [-0.39, 0.29) is 50.7 Å². The number of aryl methyl sites for hydroxylation is 4. The molecule has 0 aromatic heterocycles. The largest absolute Gasteiger partial charge is 1.00 e. The fourth-order valence-electron chi connectivity index (χ4n) is 6.43. The first-order valence-electron chi connectivity index (χ1n) is 18.2. The molecule has 50 heavy (non-hydrogen) atoms. The van der Waals surface area contributed by atoms with Crippen molar-refractivity contribution in [2.24, 2.45) is 0 Å². The molecule has 0 spiro atoms. The summed E-state index contributed by atoms with van der Waals surface area (Å²) in [6.07, 6.45) is 13.0. The summed E-state index contributed by atoms with van der Waals surface area (Å²) in [6, 6.07) is 41.0. The molecule has 0 bridgehead atoms. The number of unbranched alkanes of at least 4 members (excludes halogenated alkanes) is 2. The Hall–Kier alpha value is -2.45. The maximum atomic E-state index is 3.38. The van der Waals surface area contributed by atoms with Crippen molar-refractivity contribution >= 4 is 21.5 Å². The molecule has 3 heteroatoms. The summed E-state index contributed by atoms with van der Waals surface area (Å²) >= 11 is 0. The van der Waals surface area contributed by atoms with Crippen molar-refractivity contribution < 1.29 is 50.7 Å². The number of benzene rings is 4. The summed E-state index contributed by atoms with van der Waals surface area (Å²) in [5, 5.41) is 5.55. The molecule has 0 nitrogen and oxygen atoms in total. The Morgan fingerprint density at radius 2 is 0.840 bits per heavy atom. The Morgan fingerprint density at radius 3 is 1.16 bits per heavy atom. The van der Waals surface area contributed by atoms with Crippen molar-refractivity contribution in [2.75, 3.05) is 0 Å². The number of hydrogen-bond acceptors (Lipinski definition) is 0. The van der Waals surface area contributed by atoms with Crippen LogP contribution in [0.2, 0.25) is 0 Å². The SMILES string of the molecule is CCCCc1cc2c(-c3ccc(CCC)cc3)cccc2[cH-]1.CCCCc1cc2c(-c3ccc(CCC)cc3)cccc2[cH-]1.[CH2-]C[CH2-].[Cl-].[Cl-].[Hf]. The quantitative estimate of drug-likeness (QED) is 0.0863. The van der Waals surface area contributed by atoms with Gasteiger partial charge in [-0.05, 0) is 47.9 Å². The third kappa shape index (κ3) is 13.0. The minimum absolute atomic E-state index is 0. The Labute approximate surface area is 335 Å². The van der Waals surface area contributed by atoms with E-state index < -0.39 is 0 Å². The molecule has 0 heterocycles. The second-order valence-corrected chi connectivity index (χ2v) is 12.8. The first-order chi connectivity index (χ1) is 23.0. The van der Waals surface area contributed by atoms with E-state index in [0.29, 0.717) is 0 Å². The van der Waals surface area contributed by atoms with Crippen molar-refractivity contribution in [3.05, 3.63) is 145 Å². The summed E-state index contributed by atoms with van der Waals surface area (Å²) in [4.78, 5) is 0. The maximum absolute atomic E-state index is 3.38. The fourth-order valence-corrected chi connectivity index (χ4v) is 6.43. The van der Waals surface area contributed by atoms with Crippen LogP contribution in [0.3, 0.4) is 0 Å². The molecule has 0 saturated heterocycles. The molecule has 0 saturated carbocycles. The third-order valence-electron chi connectivity index (χ3n) is 8.87.